The van der Waals surface area contributed by atoms with Gasteiger partial charge < -0.3 is 19.2 Å². The third kappa shape index (κ3) is 3.00. The van der Waals surface area contributed by atoms with Gasteiger partial charge in [0.25, 0.3) is 0 Å². The molecule has 1 aromatic carbocycles. The zero-order chi connectivity index (χ0) is 19.8. The number of ether oxygens (including phenoxy) is 2. The maximum absolute atomic E-state index is 11.8. The van der Waals surface area contributed by atoms with Gasteiger partial charge in [-0.1, -0.05) is 0 Å². The van der Waals surface area contributed by atoms with E-state index in [2.05, 4.69) is 25.5 Å². The van der Waals surface area contributed by atoms with Crippen molar-refractivity contribution < 1.29 is 18.7 Å². The van der Waals surface area contributed by atoms with Crippen molar-refractivity contribution in [3.63, 3.8) is 0 Å². The molecule has 1 amide bonds. The third-order valence-electron chi connectivity index (χ3n) is 4.55. The highest BCUT2D eigenvalue weighted by Gasteiger charge is 2.24. The number of amides is 1. The SMILES string of the molecule is COc1cc(N2CCOC2=O)ccc1Nc1nc(-c2ccco2)nc2cn[nH]c12. The smallest absolute Gasteiger partial charge is 0.414 e. The standard InChI is InChI=1S/C19H16N6O4/c1-27-15-9-11(25-6-8-29-19(25)26)4-5-12(15)21-18-16-13(10-20-24-16)22-17(23-18)14-3-2-7-28-14/h2-5,7,9-10H,6,8H2,1H3,(H,20,24)(H,21,22,23). The second kappa shape index (κ2) is 6.82. The number of aromatic amines is 1. The zero-order valence-corrected chi connectivity index (χ0v) is 15.4. The fraction of sp³-hybridized carbons (Fsp3) is 0.158. The summed E-state index contributed by atoms with van der Waals surface area (Å²) in [4.78, 5) is 22.4. The highest BCUT2D eigenvalue weighted by Crippen LogP contribution is 2.34. The number of H-pyrrole nitrogens is 1. The average Bonchev–Trinajstić information content (AvgIpc) is 3.49. The molecule has 0 spiro atoms. The number of benzene rings is 1. The summed E-state index contributed by atoms with van der Waals surface area (Å²) in [5.41, 5.74) is 2.66. The van der Waals surface area contributed by atoms with Crippen molar-refractivity contribution in [2.45, 2.75) is 0 Å². The molecule has 146 valence electrons. The van der Waals surface area contributed by atoms with Crippen LogP contribution in [0.5, 0.6) is 5.75 Å². The molecule has 10 nitrogen and oxygen atoms in total. The van der Waals surface area contributed by atoms with Crippen molar-refractivity contribution in [2.24, 2.45) is 0 Å². The Labute approximate surface area is 164 Å². The number of cyclic esters (lactones) is 1. The summed E-state index contributed by atoms with van der Waals surface area (Å²) in [6.45, 7) is 0.872. The number of hydrogen-bond acceptors (Lipinski definition) is 8. The molecular weight excluding hydrogens is 376 g/mol. The third-order valence-corrected chi connectivity index (χ3v) is 4.55. The molecule has 0 unspecified atom stereocenters. The molecule has 29 heavy (non-hydrogen) atoms. The van der Waals surface area contributed by atoms with Crippen LogP contribution in [0.25, 0.3) is 22.6 Å². The van der Waals surface area contributed by atoms with Crippen LogP contribution in [0.2, 0.25) is 0 Å². The van der Waals surface area contributed by atoms with Gasteiger partial charge in [0.05, 0.1) is 37.5 Å². The van der Waals surface area contributed by atoms with Gasteiger partial charge >= 0.3 is 6.09 Å². The number of methoxy groups -OCH3 is 1. The Morgan fingerprint density at radius 3 is 2.97 bits per heavy atom. The van der Waals surface area contributed by atoms with Gasteiger partial charge in [-0.2, -0.15) is 5.10 Å². The molecule has 0 atom stereocenters. The summed E-state index contributed by atoms with van der Waals surface area (Å²) in [5.74, 6) is 2.05. The molecule has 0 bridgehead atoms. The highest BCUT2D eigenvalue weighted by atomic mass is 16.6. The van der Waals surface area contributed by atoms with E-state index in [-0.39, 0.29) is 6.09 Å². The number of rotatable bonds is 5. The molecule has 1 saturated heterocycles. The van der Waals surface area contributed by atoms with Gasteiger partial charge in [-0.3, -0.25) is 10.00 Å². The first-order valence-electron chi connectivity index (χ1n) is 8.87. The van der Waals surface area contributed by atoms with Crippen molar-refractivity contribution in [1.29, 1.82) is 0 Å². The van der Waals surface area contributed by atoms with Gasteiger partial charge in [0.15, 0.2) is 17.4 Å². The summed E-state index contributed by atoms with van der Waals surface area (Å²) >= 11 is 0. The molecule has 1 fully saturated rings. The lowest BCUT2D eigenvalue weighted by molar-refractivity contribution is 0.181. The molecule has 1 aliphatic heterocycles. The molecular formula is C19H16N6O4. The van der Waals surface area contributed by atoms with E-state index in [0.717, 1.165) is 0 Å². The van der Waals surface area contributed by atoms with Crippen LogP contribution in [0, 0.1) is 0 Å². The van der Waals surface area contributed by atoms with Crippen molar-refractivity contribution in [2.75, 3.05) is 30.5 Å². The Morgan fingerprint density at radius 2 is 2.21 bits per heavy atom. The van der Waals surface area contributed by atoms with Crippen LogP contribution in [0.4, 0.5) is 22.0 Å². The molecule has 0 aliphatic carbocycles. The van der Waals surface area contributed by atoms with Crippen LogP contribution >= 0.6 is 0 Å². The van der Waals surface area contributed by atoms with Crippen LogP contribution in [-0.4, -0.2) is 46.5 Å². The first kappa shape index (κ1) is 17.0. The van der Waals surface area contributed by atoms with Crippen molar-refractivity contribution in [1.82, 2.24) is 20.2 Å². The van der Waals surface area contributed by atoms with Gasteiger partial charge in [0.1, 0.15) is 23.4 Å². The number of carbonyl (C=O) groups excluding carboxylic acids is 1. The fourth-order valence-electron chi connectivity index (χ4n) is 3.15. The quantitative estimate of drug-likeness (QED) is 0.531. The molecule has 0 radical (unpaired) electrons. The minimum absolute atomic E-state index is 0.370. The summed E-state index contributed by atoms with van der Waals surface area (Å²) in [7, 11) is 1.56. The largest absolute Gasteiger partial charge is 0.494 e. The van der Waals surface area contributed by atoms with Crippen LogP contribution in [0.15, 0.2) is 47.2 Å². The maximum atomic E-state index is 11.8. The number of fused-ring (bicyclic) bond motifs is 1. The number of carbonyl (C=O) groups is 1. The molecule has 0 saturated carbocycles. The van der Waals surface area contributed by atoms with Crippen LogP contribution in [-0.2, 0) is 4.74 Å². The van der Waals surface area contributed by atoms with E-state index in [0.29, 0.717) is 58.7 Å². The highest BCUT2D eigenvalue weighted by molar-refractivity contribution is 5.92. The van der Waals surface area contributed by atoms with Gasteiger partial charge in [0.2, 0.25) is 0 Å². The lowest BCUT2D eigenvalue weighted by atomic mass is 10.2. The summed E-state index contributed by atoms with van der Waals surface area (Å²) in [6, 6.07) is 8.96. The van der Waals surface area contributed by atoms with E-state index in [1.807, 2.05) is 12.1 Å². The lowest BCUT2D eigenvalue weighted by Crippen LogP contribution is -2.23. The lowest BCUT2D eigenvalue weighted by Gasteiger charge is -2.17. The molecule has 4 heterocycles. The molecule has 4 aromatic rings. The average molecular weight is 392 g/mol. The second-order valence-corrected chi connectivity index (χ2v) is 6.28. The number of furan rings is 1. The van der Waals surface area contributed by atoms with Crippen molar-refractivity contribution >= 4 is 34.3 Å². The molecule has 2 N–H and O–H groups in total. The summed E-state index contributed by atoms with van der Waals surface area (Å²) in [6.07, 6.45) is 2.82. The van der Waals surface area contributed by atoms with E-state index in [1.54, 1.807) is 42.7 Å². The fourth-order valence-corrected chi connectivity index (χ4v) is 3.15. The van der Waals surface area contributed by atoms with E-state index in [1.165, 1.54) is 0 Å². The number of hydrogen-bond donors (Lipinski definition) is 2. The first-order valence-corrected chi connectivity index (χ1v) is 8.87. The Hall–Kier alpha value is -4.08. The van der Waals surface area contributed by atoms with Gasteiger partial charge in [0, 0.05) is 6.07 Å². The normalized spacial score (nSPS) is 13.7. The van der Waals surface area contributed by atoms with Gasteiger partial charge in [-0.25, -0.2) is 14.8 Å². The van der Waals surface area contributed by atoms with E-state index in [4.69, 9.17) is 13.9 Å². The van der Waals surface area contributed by atoms with Gasteiger partial charge in [-0.05, 0) is 24.3 Å². The predicted octanol–water partition coefficient (Wildman–Crippen LogP) is 3.32. The second-order valence-electron chi connectivity index (χ2n) is 6.28. The molecule has 5 rings (SSSR count). The molecule has 1 aliphatic rings. The first-order chi connectivity index (χ1) is 14.2. The Bertz CT molecular complexity index is 1190. The van der Waals surface area contributed by atoms with Crippen LogP contribution in [0.1, 0.15) is 0 Å². The number of nitrogens with zero attached hydrogens (tertiary/aromatic N) is 4. The molecule has 3 aromatic heterocycles. The minimum atomic E-state index is -0.370. The maximum Gasteiger partial charge on any atom is 0.414 e. The van der Waals surface area contributed by atoms with Crippen LogP contribution in [0.3, 0.4) is 0 Å². The topological polar surface area (TPSA) is 118 Å². The van der Waals surface area contributed by atoms with E-state index in [9.17, 15) is 4.79 Å². The van der Waals surface area contributed by atoms with Crippen molar-refractivity contribution in [3.05, 3.63) is 42.8 Å². The summed E-state index contributed by atoms with van der Waals surface area (Å²) in [5, 5.41) is 10.2. The minimum Gasteiger partial charge on any atom is -0.494 e. The number of aromatic nitrogens is 4. The Balaban J connectivity index is 1.53. The predicted molar refractivity (Wildman–Crippen MR) is 104 cm³/mol. The number of nitrogens with one attached hydrogen (secondary N) is 2. The zero-order valence-electron chi connectivity index (χ0n) is 15.4. The van der Waals surface area contributed by atoms with Crippen LogP contribution < -0.4 is 15.0 Å². The van der Waals surface area contributed by atoms with Gasteiger partial charge in [-0.15, -0.1) is 0 Å². The van der Waals surface area contributed by atoms with E-state index < -0.39 is 0 Å². The monoisotopic (exact) mass is 392 g/mol. The van der Waals surface area contributed by atoms with E-state index >= 15 is 0 Å². The number of anilines is 3. The Morgan fingerprint density at radius 1 is 1.28 bits per heavy atom. The Kier molecular flexibility index (Phi) is 4.01. The summed E-state index contributed by atoms with van der Waals surface area (Å²) < 4.78 is 15.9. The van der Waals surface area contributed by atoms with Crippen molar-refractivity contribution in [3.8, 4) is 17.3 Å². The molecule has 10 heteroatoms.